The summed E-state index contributed by atoms with van der Waals surface area (Å²) >= 11 is 0. The normalized spacial score (nSPS) is 10.7. The lowest BCUT2D eigenvalue weighted by Crippen LogP contribution is -2.18. The summed E-state index contributed by atoms with van der Waals surface area (Å²) in [5.74, 6) is -1.82. The largest absolute Gasteiger partial charge is 0.505 e. The van der Waals surface area contributed by atoms with Gasteiger partial charge < -0.3 is 9.84 Å². The third-order valence-electron chi connectivity index (χ3n) is 2.68. The quantitative estimate of drug-likeness (QED) is 0.788. The molecule has 1 N–H and O–H groups in total. The van der Waals surface area contributed by atoms with Crippen molar-refractivity contribution in [2.24, 2.45) is 0 Å². The number of phenols is 1. The average molecular weight is 254 g/mol. The van der Waals surface area contributed by atoms with Gasteiger partial charge in [0.2, 0.25) is 0 Å². The predicted octanol–water partition coefficient (Wildman–Crippen LogP) is 3.66. The van der Waals surface area contributed by atoms with Gasteiger partial charge in [0, 0.05) is 0 Å². The molecular weight excluding hydrogens is 235 g/mol. The van der Waals surface area contributed by atoms with Gasteiger partial charge in [0.25, 0.3) is 0 Å². The monoisotopic (exact) mass is 254 g/mol. The first-order valence-electron chi connectivity index (χ1n) is 6.28. The Hall–Kier alpha value is -1.58. The molecule has 0 atom stereocenters. The molecule has 1 rings (SSSR count). The topological polar surface area (TPSA) is 46.5 Å². The first-order chi connectivity index (χ1) is 8.58. The number of phenolic OH excluding ortho intramolecular Hbond substituents is 1. The smallest absolute Gasteiger partial charge is 0.338 e. The molecule has 1 aromatic rings. The van der Waals surface area contributed by atoms with E-state index in [0.29, 0.717) is 0 Å². The van der Waals surface area contributed by atoms with E-state index in [2.05, 4.69) is 0 Å². The highest BCUT2D eigenvalue weighted by Gasteiger charge is 2.16. The summed E-state index contributed by atoms with van der Waals surface area (Å²) < 4.78 is 18.4. The molecule has 0 saturated carbocycles. The SMILES string of the molecule is CCCC(CCC)OC(=O)c1ccc(O)c(F)c1. The fourth-order valence-corrected chi connectivity index (χ4v) is 1.76. The second-order valence-electron chi connectivity index (χ2n) is 4.27. The van der Waals surface area contributed by atoms with Crippen LogP contribution in [0.2, 0.25) is 0 Å². The van der Waals surface area contributed by atoms with E-state index >= 15 is 0 Å². The number of halogens is 1. The van der Waals surface area contributed by atoms with Crippen LogP contribution in [0.4, 0.5) is 4.39 Å². The lowest BCUT2D eigenvalue weighted by atomic mass is 10.1. The summed E-state index contributed by atoms with van der Waals surface area (Å²) in [6.45, 7) is 4.05. The van der Waals surface area contributed by atoms with E-state index in [4.69, 9.17) is 9.84 Å². The predicted molar refractivity (Wildman–Crippen MR) is 67.1 cm³/mol. The molecule has 0 unspecified atom stereocenters. The van der Waals surface area contributed by atoms with Crippen LogP contribution in [0.15, 0.2) is 18.2 Å². The molecule has 18 heavy (non-hydrogen) atoms. The van der Waals surface area contributed by atoms with Crippen molar-refractivity contribution >= 4 is 5.97 Å². The number of carbonyl (C=O) groups excluding carboxylic acids is 1. The zero-order valence-electron chi connectivity index (χ0n) is 10.8. The molecule has 0 bridgehead atoms. The standard InChI is InChI=1S/C14H19FO3/c1-3-5-11(6-4-2)18-14(17)10-7-8-13(16)12(15)9-10/h7-9,11,16H,3-6H2,1-2H3. The molecule has 100 valence electrons. The Morgan fingerprint density at radius 2 is 1.94 bits per heavy atom. The molecule has 3 nitrogen and oxygen atoms in total. The molecule has 0 aliphatic rings. The van der Waals surface area contributed by atoms with Gasteiger partial charge in [0.15, 0.2) is 11.6 Å². The summed E-state index contributed by atoms with van der Waals surface area (Å²) in [5.41, 5.74) is 0.127. The van der Waals surface area contributed by atoms with Crippen molar-refractivity contribution in [1.82, 2.24) is 0 Å². The van der Waals surface area contributed by atoms with Crippen LogP contribution >= 0.6 is 0 Å². The van der Waals surface area contributed by atoms with Crippen molar-refractivity contribution < 1.29 is 19.0 Å². The van der Waals surface area contributed by atoms with E-state index in [0.717, 1.165) is 37.8 Å². The van der Waals surface area contributed by atoms with Gasteiger partial charge in [-0.15, -0.1) is 0 Å². The van der Waals surface area contributed by atoms with Crippen molar-refractivity contribution in [1.29, 1.82) is 0 Å². The average Bonchev–Trinajstić information content (AvgIpc) is 2.33. The van der Waals surface area contributed by atoms with Gasteiger partial charge >= 0.3 is 5.97 Å². The molecule has 0 saturated heterocycles. The maximum atomic E-state index is 13.1. The fraction of sp³-hybridized carbons (Fsp3) is 0.500. The van der Waals surface area contributed by atoms with Gasteiger partial charge in [0.05, 0.1) is 5.56 Å². The van der Waals surface area contributed by atoms with E-state index in [-0.39, 0.29) is 11.7 Å². The maximum absolute atomic E-state index is 13.1. The molecule has 0 spiro atoms. The summed E-state index contributed by atoms with van der Waals surface area (Å²) in [5, 5.41) is 9.05. The second-order valence-corrected chi connectivity index (χ2v) is 4.27. The van der Waals surface area contributed by atoms with Crippen LogP contribution in [0.25, 0.3) is 0 Å². The van der Waals surface area contributed by atoms with Crippen molar-refractivity contribution in [3.8, 4) is 5.75 Å². The van der Waals surface area contributed by atoms with Crippen LogP contribution in [-0.2, 0) is 4.74 Å². The molecule has 0 aliphatic carbocycles. The molecule has 0 aromatic heterocycles. The van der Waals surface area contributed by atoms with Gasteiger partial charge in [-0.3, -0.25) is 0 Å². The Morgan fingerprint density at radius 1 is 1.33 bits per heavy atom. The summed E-state index contributed by atoms with van der Waals surface area (Å²) in [4.78, 5) is 11.8. The summed E-state index contributed by atoms with van der Waals surface area (Å²) in [7, 11) is 0. The number of hydrogen-bond acceptors (Lipinski definition) is 3. The zero-order chi connectivity index (χ0) is 13.5. The van der Waals surface area contributed by atoms with E-state index in [1.54, 1.807) is 0 Å². The van der Waals surface area contributed by atoms with E-state index in [9.17, 15) is 9.18 Å². The number of ether oxygens (including phenoxy) is 1. The number of hydrogen-bond donors (Lipinski definition) is 1. The van der Waals surface area contributed by atoms with E-state index < -0.39 is 17.5 Å². The summed E-state index contributed by atoms with van der Waals surface area (Å²) in [6.07, 6.45) is 3.36. The Balaban J connectivity index is 2.70. The van der Waals surface area contributed by atoms with E-state index in [1.165, 1.54) is 6.07 Å². The number of esters is 1. The third-order valence-corrected chi connectivity index (χ3v) is 2.68. The van der Waals surface area contributed by atoms with Crippen LogP contribution in [0, 0.1) is 5.82 Å². The van der Waals surface area contributed by atoms with Crippen molar-refractivity contribution in [3.63, 3.8) is 0 Å². The molecular formula is C14H19FO3. The Morgan fingerprint density at radius 3 is 2.44 bits per heavy atom. The molecule has 0 aliphatic heterocycles. The highest BCUT2D eigenvalue weighted by Crippen LogP contribution is 2.18. The fourth-order valence-electron chi connectivity index (χ4n) is 1.76. The Kier molecular flexibility index (Phi) is 5.62. The van der Waals surface area contributed by atoms with Crippen LogP contribution in [0.5, 0.6) is 5.75 Å². The van der Waals surface area contributed by atoms with Gasteiger partial charge in [-0.1, -0.05) is 26.7 Å². The van der Waals surface area contributed by atoms with Crippen molar-refractivity contribution in [2.45, 2.75) is 45.6 Å². The Labute approximate surface area is 107 Å². The Bertz CT molecular complexity index is 398. The molecule has 0 amide bonds. The first-order valence-corrected chi connectivity index (χ1v) is 6.28. The highest BCUT2D eigenvalue weighted by molar-refractivity contribution is 5.89. The van der Waals surface area contributed by atoms with Crippen LogP contribution in [-0.4, -0.2) is 17.2 Å². The molecule has 4 heteroatoms. The molecule has 0 radical (unpaired) electrons. The minimum atomic E-state index is -0.813. The zero-order valence-corrected chi connectivity index (χ0v) is 10.8. The van der Waals surface area contributed by atoms with Crippen LogP contribution < -0.4 is 0 Å². The number of carbonyl (C=O) groups is 1. The maximum Gasteiger partial charge on any atom is 0.338 e. The van der Waals surface area contributed by atoms with Crippen LogP contribution in [0.3, 0.4) is 0 Å². The molecule has 1 aromatic carbocycles. The third kappa shape index (κ3) is 4.02. The lowest BCUT2D eigenvalue weighted by Gasteiger charge is -2.16. The first kappa shape index (κ1) is 14.5. The second kappa shape index (κ2) is 6.99. The number of benzene rings is 1. The minimum Gasteiger partial charge on any atom is -0.505 e. The van der Waals surface area contributed by atoms with Crippen molar-refractivity contribution in [2.75, 3.05) is 0 Å². The minimum absolute atomic E-state index is 0.121. The van der Waals surface area contributed by atoms with Crippen molar-refractivity contribution in [3.05, 3.63) is 29.6 Å². The van der Waals surface area contributed by atoms with Gasteiger partial charge in [0.1, 0.15) is 6.10 Å². The van der Waals surface area contributed by atoms with Gasteiger partial charge in [-0.2, -0.15) is 0 Å². The van der Waals surface area contributed by atoms with Crippen LogP contribution in [0.1, 0.15) is 49.9 Å². The van der Waals surface area contributed by atoms with Gasteiger partial charge in [-0.25, -0.2) is 9.18 Å². The van der Waals surface area contributed by atoms with Gasteiger partial charge in [-0.05, 0) is 31.0 Å². The number of rotatable bonds is 6. The highest BCUT2D eigenvalue weighted by atomic mass is 19.1. The number of aromatic hydroxyl groups is 1. The lowest BCUT2D eigenvalue weighted by molar-refractivity contribution is 0.0258. The van der Waals surface area contributed by atoms with E-state index in [1.807, 2.05) is 13.8 Å². The summed E-state index contributed by atoms with van der Waals surface area (Å²) in [6, 6.07) is 3.50. The molecule has 0 fully saturated rings. The molecule has 0 heterocycles.